The highest BCUT2D eigenvalue weighted by molar-refractivity contribution is 7.10. The normalized spacial score (nSPS) is 12.8. The number of carboxylic acid groups (broad SMARTS) is 1. The van der Waals surface area contributed by atoms with Crippen molar-refractivity contribution in [3.05, 3.63) is 21.9 Å². The molecule has 0 saturated heterocycles. The van der Waals surface area contributed by atoms with Crippen LogP contribution < -0.4 is 0 Å². The van der Waals surface area contributed by atoms with Gasteiger partial charge < -0.3 is 5.11 Å². The fourth-order valence-corrected chi connectivity index (χ4v) is 2.22. The summed E-state index contributed by atoms with van der Waals surface area (Å²) in [6.45, 7) is 3.99. The zero-order valence-electron chi connectivity index (χ0n) is 7.91. The number of rotatable bonds is 4. The number of carbonyl (C=O) groups is 1. The Hall–Kier alpha value is -0.830. The van der Waals surface area contributed by atoms with Crippen LogP contribution in [0.2, 0.25) is 0 Å². The standard InChI is InChI=1S/C10H14O2S/c1-3-4-9(10(11)12)8-5-6-13-7(8)2/h5-6,9H,3-4H2,1-2H3,(H,11,12). The van der Waals surface area contributed by atoms with Crippen molar-refractivity contribution in [1.82, 2.24) is 0 Å². The summed E-state index contributed by atoms with van der Waals surface area (Å²) in [6, 6.07) is 1.93. The van der Waals surface area contributed by atoms with Gasteiger partial charge in [0.2, 0.25) is 0 Å². The number of aliphatic carboxylic acids is 1. The third kappa shape index (κ3) is 2.31. The summed E-state index contributed by atoms with van der Waals surface area (Å²) in [5.74, 6) is -1.01. The molecule has 1 aromatic heterocycles. The lowest BCUT2D eigenvalue weighted by Crippen LogP contribution is -2.11. The molecule has 1 unspecified atom stereocenters. The minimum atomic E-state index is -0.705. The van der Waals surface area contributed by atoms with Crippen LogP contribution in [0.15, 0.2) is 11.4 Å². The molecule has 0 spiro atoms. The molecule has 2 nitrogen and oxygen atoms in total. The maximum absolute atomic E-state index is 10.9. The van der Waals surface area contributed by atoms with Gasteiger partial charge in [-0.2, -0.15) is 0 Å². The minimum absolute atomic E-state index is 0.309. The van der Waals surface area contributed by atoms with Gasteiger partial charge in [-0.15, -0.1) is 11.3 Å². The summed E-state index contributed by atoms with van der Waals surface area (Å²) < 4.78 is 0. The van der Waals surface area contributed by atoms with Gasteiger partial charge in [0.15, 0.2) is 0 Å². The van der Waals surface area contributed by atoms with Gasteiger partial charge in [-0.25, -0.2) is 0 Å². The topological polar surface area (TPSA) is 37.3 Å². The van der Waals surface area contributed by atoms with E-state index in [1.165, 1.54) is 0 Å². The highest BCUT2D eigenvalue weighted by atomic mass is 32.1. The van der Waals surface area contributed by atoms with Gasteiger partial charge in [-0.3, -0.25) is 4.79 Å². The van der Waals surface area contributed by atoms with E-state index in [2.05, 4.69) is 0 Å². The molecule has 0 aliphatic carbocycles. The lowest BCUT2D eigenvalue weighted by molar-refractivity contribution is -0.139. The van der Waals surface area contributed by atoms with Gasteiger partial charge in [-0.05, 0) is 30.4 Å². The molecule has 13 heavy (non-hydrogen) atoms. The van der Waals surface area contributed by atoms with E-state index in [1.54, 1.807) is 11.3 Å². The lowest BCUT2D eigenvalue weighted by Gasteiger charge is -2.10. The molecule has 3 heteroatoms. The maximum atomic E-state index is 10.9. The predicted molar refractivity (Wildman–Crippen MR) is 54.3 cm³/mol. The van der Waals surface area contributed by atoms with Crippen molar-refractivity contribution in [3.8, 4) is 0 Å². The molecule has 72 valence electrons. The first kappa shape index (κ1) is 10.3. The van der Waals surface area contributed by atoms with Crippen LogP contribution in [0.5, 0.6) is 0 Å². The molecule has 1 heterocycles. The van der Waals surface area contributed by atoms with Gasteiger partial charge in [-0.1, -0.05) is 13.3 Å². The van der Waals surface area contributed by atoms with E-state index in [0.717, 1.165) is 23.3 Å². The molecular weight excluding hydrogens is 184 g/mol. The molecular formula is C10H14O2S. The Morgan fingerprint density at radius 3 is 2.77 bits per heavy atom. The molecule has 0 amide bonds. The second-order valence-corrected chi connectivity index (χ2v) is 4.23. The summed E-state index contributed by atoms with van der Waals surface area (Å²) in [5.41, 5.74) is 0.986. The predicted octanol–water partition coefficient (Wildman–Crippen LogP) is 3.02. The van der Waals surface area contributed by atoms with Crippen molar-refractivity contribution >= 4 is 17.3 Å². The van der Waals surface area contributed by atoms with Gasteiger partial charge in [0.1, 0.15) is 0 Å². The van der Waals surface area contributed by atoms with Crippen LogP contribution in [0.1, 0.15) is 36.1 Å². The first-order valence-corrected chi connectivity index (χ1v) is 5.31. The fourth-order valence-electron chi connectivity index (χ4n) is 1.46. The van der Waals surface area contributed by atoms with E-state index >= 15 is 0 Å². The van der Waals surface area contributed by atoms with Crippen LogP contribution in [0.4, 0.5) is 0 Å². The van der Waals surface area contributed by atoms with Gasteiger partial charge in [0.25, 0.3) is 0 Å². The molecule has 0 aromatic carbocycles. The van der Waals surface area contributed by atoms with Crippen molar-refractivity contribution in [2.24, 2.45) is 0 Å². The van der Waals surface area contributed by atoms with Crippen LogP contribution >= 0.6 is 11.3 Å². The number of hydrogen-bond donors (Lipinski definition) is 1. The summed E-state index contributed by atoms with van der Waals surface area (Å²) in [7, 11) is 0. The van der Waals surface area contributed by atoms with Crippen molar-refractivity contribution in [3.63, 3.8) is 0 Å². The minimum Gasteiger partial charge on any atom is -0.481 e. The van der Waals surface area contributed by atoms with Gasteiger partial charge in [0, 0.05) is 4.88 Å². The fraction of sp³-hybridized carbons (Fsp3) is 0.500. The van der Waals surface area contributed by atoms with Crippen molar-refractivity contribution < 1.29 is 9.90 Å². The van der Waals surface area contributed by atoms with Crippen molar-refractivity contribution in [1.29, 1.82) is 0 Å². The third-order valence-corrected chi connectivity index (χ3v) is 3.01. The van der Waals surface area contributed by atoms with Crippen LogP contribution in [0, 0.1) is 6.92 Å². The average Bonchev–Trinajstić information content (AvgIpc) is 2.47. The molecule has 0 saturated carbocycles. The largest absolute Gasteiger partial charge is 0.481 e. The lowest BCUT2D eigenvalue weighted by atomic mass is 9.95. The Kier molecular flexibility index (Phi) is 3.48. The Labute approximate surface area is 82.2 Å². The van der Waals surface area contributed by atoms with E-state index in [-0.39, 0.29) is 5.92 Å². The van der Waals surface area contributed by atoms with Gasteiger partial charge in [0.05, 0.1) is 5.92 Å². The summed E-state index contributed by atoms with van der Waals surface area (Å²) in [5, 5.41) is 11.0. The van der Waals surface area contributed by atoms with Crippen LogP contribution in [0.25, 0.3) is 0 Å². The highest BCUT2D eigenvalue weighted by Crippen LogP contribution is 2.27. The van der Waals surface area contributed by atoms with E-state index in [1.807, 2.05) is 25.3 Å². The van der Waals surface area contributed by atoms with Gasteiger partial charge >= 0.3 is 5.97 Å². The van der Waals surface area contributed by atoms with Crippen molar-refractivity contribution in [2.75, 3.05) is 0 Å². The monoisotopic (exact) mass is 198 g/mol. The average molecular weight is 198 g/mol. The maximum Gasteiger partial charge on any atom is 0.311 e. The Morgan fingerprint density at radius 2 is 2.38 bits per heavy atom. The first-order valence-electron chi connectivity index (χ1n) is 4.43. The first-order chi connectivity index (χ1) is 6.16. The van der Waals surface area contributed by atoms with Crippen molar-refractivity contribution in [2.45, 2.75) is 32.6 Å². The molecule has 0 fully saturated rings. The van der Waals surface area contributed by atoms with Crippen LogP contribution in [-0.2, 0) is 4.79 Å². The Morgan fingerprint density at radius 1 is 1.69 bits per heavy atom. The number of thiophene rings is 1. The summed E-state index contributed by atoms with van der Waals surface area (Å²) in [6.07, 6.45) is 1.64. The summed E-state index contributed by atoms with van der Waals surface area (Å²) >= 11 is 1.61. The summed E-state index contributed by atoms with van der Waals surface area (Å²) in [4.78, 5) is 12.1. The molecule has 1 N–H and O–H groups in total. The second kappa shape index (κ2) is 4.42. The van der Waals surface area contributed by atoms with E-state index in [9.17, 15) is 4.79 Å². The SMILES string of the molecule is CCCC(C(=O)O)c1ccsc1C. The highest BCUT2D eigenvalue weighted by Gasteiger charge is 2.20. The number of aryl methyl sites for hydroxylation is 1. The number of hydrogen-bond acceptors (Lipinski definition) is 2. The quantitative estimate of drug-likeness (QED) is 0.807. The van der Waals surface area contributed by atoms with Crippen LogP contribution in [0.3, 0.4) is 0 Å². The Bertz CT molecular complexity index is 291. The third-order valence-electron chi connectivity index (χ3n) is 2.15. The second-order valence-electron chi connectivity index (χ2n) is 3.11. The van der Waals surface area contributed by atoms with E-state index in [4.69, 9.17) is 5.11 Å². The number of carboxylic acids is 1. The molecule has 0 radical (unpaired) electrons. The molecule has 1 atom stereocenters. The zero-order chi connectivity index (χ0) is 9.84. The van der Waals surface area contributed by atoms with Crippen LogP contribution in [-0.4, -0.2) is 11.1 Å². The molecule has 1 aromatic rings. The molecule has 0 aliphatic rings. The molecule has 1 rings (SSSR count). The van der Waals surface area contributed by atoms with E-state index < -0.39 is 5.97 Å². The zero-order valence-corrected chi connectivity index (χ0v) is 8.73. The molecule has 0 bridgehead atoms. The Balaban J connectivity index is 2.88. The molecule has 0 aliphatic heterocycles. The van der Waals surface area contributed by atoms with E-state index in [0.29, 0.717) is 0 Å². The smallest absolute Gasteiger partial charge is 0.311 e.